The molecule has 3 aromatic rings. The van der Waals surface area contributed by atoms with Crippen LogP contribution in [0.4, 0.5) is 5.69 Å². The van der Waals surface area contributed by atoms with Gasteiger partial charge in [0.2, 0.25) is 0 Å². The summed E-state index contributed by atoms with van der Waals surface area (Å²) >= 11 is 6.80. The number of carbonyl (C=O) groups is 1. The van der Waals surface area contributed by atoms with E-state index in [1.807, 2.05) is 37.3 Å². The van der Waals surface area contributed by atoms with Crippen LogP contribution in [0.1, 0.15) is 37.6 Å². The average Bonchev–Trinajstić information content (AvgIpc) is 2.79. The molecular weight excluding hydrogens is 456 g/mol. The Morgan fingerprint density at radius 1 is 1.26 bits per heavy atom. The zero-order valence-electron chi connectivity index (χ0n) is 20.2. The van der Waals surface area contributed by atoms with E-state index >= 15 is 0 Å². The second-order valence-electron chi connectivity index (χ2n) is 9.06. The van der Waals surface area contributed by atoms with Crippen LogP contribution < -0.4 is 10.1 Å². The number of nitrogens with zero attached hydrogens (tertiary/aromatic N) is 1. The van der Waals surface area contributed by atoms with E-state index in [2.05, 4.69) is 10.3 Å². The third-order valence-corrected chi connectivity index (χ3v) is 5.52. The third kappa shape index (κ3) is 5.97. The van der Waals surface area contributed by atoms with E-state index < -0.39 is 5.60 Å². The quantitative estimate of drug-likeness (QED) is 0.461. The monoisotopic (exact) mass is 486 g/mol. The lowest BCUT2D eigenvalue weighted by Gasteiger charge is -2.23. The predicted molar refractivity (Wildman–Crippen MR) is 135 cm³/mol. The van der Waals surface area contributed by atoms with Crippen molar-refractivity contribution in [3.8, 4) is 16.9 Å². The molecule has 0 saturated carbocycles. The van der Waals surface area contributed by atoms with E-state index in [1.165, 1.54) is 7.11 Å². The minimum absolute atomic E-state index is 0.0726. The average molecular weight is 487 g/mol. The Morgan fingerprint density at radius 2 is 1.97 bits per heavy atom. The number of aromatic nitrogens is 1. The molecule has 0 aliphatic carbocycles. The van der Waals surface area contributed by atoms with Crippen LogP contribution >= 0.6 is 11.6 Å². The smallest absolute Gasteiger partial charge is 0.310 e. The molecule has 4 rings (SSSR count). The number of ether oxygens (including phenoxy) is 2. The van der Waals surface area contributed by atoms with E-state index in [0.717, 1.165) is 38.8 Å². The van der Waals surface area contributed by atoms with Crippen LogP contribution in [0.3, 0.4) is 0 Å². The number of anilines is 1. The number of esters is 1. The van der Waals surface area contributed by atoms with Crippen molar-refractivity contribution in [3.05, 3.63) is 52.2 Å². The maximum Gasteiger partial charge on any atom is 0.310 e. The number of aliphatic hydroxyl groups excluding tert-OH is 1. The summed E-state index contributed by atoms with van der Waals surface area (Å²) in [4.78, 5) is 16.8. The van der Waals surface area contributed by atoms with Crippen LogP contribution in [-0.2, 0) is 22.6 Å². The van der Waals surface area contributed by atoms with E-state index in [-0.39, 0.29) is 19.0 Å². The van der Waals surface area contributed by atoms with Crippen molar-refractivity contribution in [2.45, 2.75) is 46.3 Å². The van der Waals surface area contributed by atoms with Crippen LogP contribution in [0, 0.1) is 6.92 Å². The third-order valence-electron chi connectivity index (χ3n) is 5.12. The highest BCUT2D eigenvalue weighted by atomic mass is 35.5. The van der Waals surface area contributed by atoms with Gasteiger partial charge >= 0.3 is 5.97 Å². The molecule has 0 spiro atoms. The van der Waals surface area contributed by atoms with Gasteiger partial charge in [0.1, 0.15) is 12.4 Å². The lowest BCUT2D eigenvalue weighted by atomic mass is 9.91. The number of aryl methyl sites for hydroxylation is 1. The van der Waals surface area contributed by atoms with E-state index in [0.29, 0.717) is 29.6 Å². The molecule has 0 radical (unpaired) electrons. The first-order chi connectivity index (χ1) is 16.0. The number of rotatable bonds is 4. The minimum atomic E-state index is -0.500. The fraction of sp³-hybridized carbons (Fsp3) is 0.385. The second-order valence-corrected chi connectivity index (χ2v) is 9.44. The first-order valence-corrected chi connectivity index (χ1v) is 11.4. The molecule has 3 N–H and O–H groups in total. The molecule has 8 heteroatoms. The number of fused-ring (bicyclic) bond motifs is 2. The van der Waals surface area contributed by atoms with Crippen molar-refractivity contribution in [1.29, 1.82) is 0 Å². The molecule has 0 unspecified atom stereocenters. The number of nitrogens with one attached hydrogen (secondary N) is 1. The van der Waals surface area contributed by atoms with Crippen LogP contribution in [0.5, 0.6) is 5.75 Å². The van der Waals surface area contributed by atoms with Gasteiger partial charge in [0.05, 0.1) is 42.0 Å². The van der Waals surface area contributed by atoms with Crippen molar-refractivity contribution in [3.63, 3.8) is 0 Å². The summed E-state index contributed by atoms with van der Waals surface area (Å²) in [6.45, 7) is 8.27. The maximum absolute atomic E-state index is 12.1. The van der Waals surface area contributed by atoms with Crippen LogP contribution in [0.25, 0.3) is 22.0 Å². The van der Waals surface area contributed by atoms with E-state index in [4.69, 9.17) is 26.2 Å². The number of carbonyl (C=O) groups excluding carboxylic acids is 1. The SMILES string of the molecule is CC(C)(C)O.COC(=O)Cc1c(C)nc2cc(CO)ccc2c1-c1ccc2c(c1Cl)NCCO2. The Hall–Kier alpha value is -2.87. The summed E-state index contributed by atoms with van der Waals surface area (Å²) in [6.07, 6.45) is 0.0830. The Labute approximate surface area is 204 Å². The lowest BCUT2D eigenvalue weighted by Crippen LogP contribution is -2.18. The van der Waals surface area contributed by atoms with Gasteiger partial charge in [-0.25, -0.2) is 0 Å². The normalized spacial score (nSPS) is 12.7. The summed E-state index contributed by atoms with van der Waals surface area (Å²) in [5, 5.41) is 22.7. The van der Waals surface area contributed by atoms with E-state index in [1.54, 1.807) is 20.8 Å². The highest BCUT2D eigenvalue weighted by molar-refractivity contribution is 6.37. The molecule has 0 fully saturated rings. The van der Waals surface area contributed by atoms with Crippen molar-refractivity contribution < 1.29 is 24.5 Å². The van der Waals surface area contributed by atoms with Gasteiger partial charge in [0, 0.05) is 23.2 Å². The number of benzene rings is 2. The molecule has 0 atom stereocenters. The lowest BCUT2D eigenvalue weighted by molar-refractivity contribution is -0.139. The van der Waals surface area contributed by atoms with Crippen molar-refractivity contribution in [2.75, 3.05) is 25.6 Å². The minimum Gasteiger partial charge on any atom is -0.490 e. The Morgan fingerprint density at radius 3 is 2.62 bits per heavy atom. The zero-order chi connectivity index (χ0) is 25.0. The largest absolute Gasteiger partial charge is 0.490 e. The Balaban J connectivity index is 0.000000588. The first-order valence-electron chi connectivity index (χ1n) is 11.0. The second kappa shape index (κ2) is 10.6. The highest BCUT2D eigenvalue weighted by Crippen LogP contribution is 2.44. The fourth-order valence-electron chi connectivity index (χ4n) is 3.68. The molecular formula is C26H31ClN2O5. The number of aliphatic hydroxyl groups is 2. The molecule has 1 aliphatic rings. The van der Waals surface area contributed by atoms with Crippen LogP contribution in [0.15, 0.2) is 30.3 Å². The van der Waals surface area contributed by atoms with Crippen molar-refractivity contribution in [1.82, 2.24) is 4.98 Å². The molecule has 7 nitrogen and oxygen atoms in total. The van der Waals surface area contributed by atoms with Gasteiger partial charge in [-0.05, 0) is 62.6 Å². The fourth-order valence-corrected chi connectivity index (χ4v) is 4.00. The number of halogens is 1. The van der Waals surface area contributed by atoms with Gasteiger partial charge in [0.15, 0.2) is 0 Å². The van der Waals surface area contributed by atoms with Gasteiger partial charge in [0.25, 0.3) is 0 Å². The number of pyridine rings is 1. The molecule has 0 saturated heterocycles. The zero-order valence-corrected chi connectivity index (χ0v) is 20.9. The Bertz CT molecular complexity index is 1200. The van der Waals surface area contributed by atoms with Crippen molar-refractivity contribution >= 4 is 34.2 Å². The van der Waals surface area contributed by atoms with Gasteiger partial charge in [-0.2, -0.15) is 0 Å². The maximum atomic E-state index is 12.1. The van der Waals surface area contributed by atoms with Gasteiger partial charge in [-0.3, -0.25) is 9.78 Å². The summed E-state index contributed by atoms with van der Waals surface area (Å²) in [5.41, 5.74) is 4.84. The Kier molecular flexibility index (Phi) is 8.02. The first kappa shape index (κ1) is 25.7. The molecule has 1 aliphatic heterocycles. The van der Waals surface area contributed by atoms with Gasteiger partial charge in [-0.1, -0.05) is 23.7 Å². The van der Waals surface area contributed by atoms with Gasteiger partial charge in [-0.15, -0.1) is 0 Å². The summed E-state index contributed by atoms with van der Waals surface area (Å²) in [5.74, 6) is 0.357. The predicted octanol–water partition coefficient (Wildman–Crippen LogP) is 4.65. The molecule has 0 bridgehead atoms. The van der Waals surface area contributed by atoms with Gasteiger partial charge < -0.3 is 25.0 Å². The molecule has 1 aromatic heterocycles. The summed E-state index contributed by atoms with van der Waals surface area (Å²) < 4.78 is 10.6. The number of hydrogen-bond acceptors (Lipinski definition) is 7. The number of hydrogen-bond donors (Lipinski definition) is 3. The highest BCUT2D eigenvalue weighted by Gasteiger charge is 2.23. The molecule has 182 valence electrons. The van der Waals surface area contributed by atoms with Crippen molar-refractivity contribution in [2.24, 2.45) is 0 Å². The molecule has 34 heavy (non-hydrogen) atoms. The van der Waals surface area contributed by atoms with Crippen LogP contribution in [-0.4, -0.2) is 47.0 Å². The molecule has 2 heterocycles. The topological polar surface area (TPSA) is 101 Å². The van der Waals surface area contributed by atoms with Crippen LogP contribution in [0.2, 0.25) is 5.02 Å². The number of methoxy groups -OCH3 is 1. The summed E-state index contributed by atoms with van der Waals surface area (Å²) in [6, 6.07) is 9.39. The van der Waals surface area contributed by atoms with E-state index in [9.17, 15) is 9.90 Å². The molecule has 0 amide bonds. The summed E-state index contributed by atoms with van der Waals surface area (Å²) in [7, 11) is 1.37. The molecule has 2 aromatic carbocycles. The standard InChI is InChI=1S/C22H21ClN2O4.C4H10O/c1-12-16(10-19(27)28-2)20(14-4-3-13(11-26)9-17(14)25-12)15-5-6-18-22(21(15)23)24-7-8-29-18;1-4(2,3)5/h3-6,9,24,26H,7-8,10-11H2,1-2H3;5H,1-3H3.